The molecule has 0 unspecified atom stereocenters. The lowest BCUT2D eigenvalue weighted by molar-refractivity contribution is 0.369. The number of nitrogens with zero attached hydrogens (tertiary/aromatic N) is 2. The molecule has 0 atom stereocenters. The summed E-state index contributed by atoms with van der Waals surface area (Å²) >= 11 is 0. The highest BCUT2D eigenvalue weighted by atomic mass is 16.5. The van der Waals surface area contributed by atoms with Crippen molar-refractivity contribution < 1.29 is 9.47 Å². The first-order valence-electron chi connectivity index (χ1n) is 3.20. The summed E-state index contributed by atoms with van der Waals surface area (Å²) < 4.78 is 9.94. The molecule has 0 spiro atoms. The van der Waals surface area contributed by atoms with Crippen molar-refractivity contribution in [2.75, 3.05) is 14.2 Å². The largest absolute Gasteiger partial charge is 0.495 e. The van der Waals surface area contributed by atoms with Crippen LogP contribution in [0.2, 0.25) is 0 Å². The van der Waals surface area contributed by atoms with Crippen molar-refractivity contribution in [2.24, 2.45) is 0 Å². The van der Waals surface area contributed by atoms with Crippen LogP contribution in [0, 0.1) is 6.92 Å². The Kier molecular flexibility index (Phi) is 2.25. The van der Waals surface area contributed by atoms with Gasteiger partial charge in [0, 0.05) is 0 Å². The highest BCUT2D eigenvalue weighted by Gasteiger charge is 2.05. The summed E-state index contributed by atoms with van der Waals surface area (Å²) in [7, 11) is 3.14. The molecule has 4 heteroatoms. The van der Waals surface area contributed by atoms with E-state index in [0.29, 0.717) is 11.6 Å². The van der Waals surface area contributed by atoms with Crippen molar-refractivity contribution in [1.82, 2.24) is 10.2 Å². The van der Waals surface area contributed by atoms with Gasteiger partial charge in [-0.15, -0.1) is 5.10 Å². The van der Waals surface area contributed by atoms with E-state index in [4.69, 9.17) is 9.47 Å². The highest BCUT2D eigenvalue weighted by Crippen LogP contribution is 2.22. The van der Waals surface area contributed by atoms with Gasteiger partial charge in [-0.2, -0.15) is 5.10 Å². The van der Waals surface area contributed by atoms with Crippen LogP contribution in [0.1, 0.15) is 5.56 Å². The predicted octanol–water partition coefficient (Wildman–Crippen LogP) is 0.802. The lowest BCUT2D eigenvalue weighted by Gasteiger charge is -2.05. The van der Waals surface area contributed by atoms with Gasteiger partial charge in [-0.25, -0.2) is 0 Å². The van der Waals surface area contributed by atoms with Gasteiger partial charge in [0.1, 0.15) is 5.75 Å². The molecule has 0 saturated carbocycles. The molecule has 60 valence electrons. The maximum Gasteiger partial charge on any atom is 0.239 e. The van der Waals surface area contributed by atoms with E-state index in [1.165, 1.54) is 0 Å². The second-order valence-corrected chi connectivity index (χ2v) is 2.05. The monoisotopic (exact) mass is 154 g/mol. The Morgan fingerprint density at radius 3 is 2.55 bits per heavy atom. The smallest absolute Gasteiger partial charge is 0.239 e. The molecule has 0 aliphatic carbocycles. The zero-order valence-electron chi connectivity index (χ0n) is 6.79. The molecule has 0 aromatic carbocycles. The second kappa shape index (κ2) is 3.18. The minimum Gasteiger partial charge on any atom is -0.495 e. The van der Waals surface area contributed by atoms with E-state index < -0.39 is 0 Å². The van der Waals surface area contributed by atoms with Crippen molar-refractivity contribution in [2.45, 2.75) is 6.92 Å². The van der Waals surface area contributed by atoms with E-state index in [1.54, 1.807) is 20.4 Å². The standard InChI is InChI=1S/C7H10N2O2/c1-5-6(10-2)4-8-9-7(5)11-3/h4H,1-3H3. The van der Waals surface area contributed by atoms with Crippen LogP contribution in [0.3, 0.4) is 0 Å². The summed E-state index contributed by atoms with van der Waals surface area (Å²) in [6.45, 7) is 1.87. The van der Waals surface area contributed by atoms with Crippen LogP contribution in [0.15, 0.2) is 6.20 Å². The molecule has 11 heavy (non-hydrogen) atoms. The summed E-state index contributed by atoms with van der Waals surface area (Å²) in [5.41, 5.74) is 0.866. The molecule has 1 aromatic rings. The van der Waals surface area contributed by atoms with Crippen LogP contribution < -0.4 is 9.47 Å². The van der Waals surface area contributed by atoms with E-state index >= 15 is 0 Å². The molecule has 1 aromatic heterocycles. The second-order valence-electron chi connectivity index (χ2n) is 2.05. The normalized spacial score (nSPS) is 9.36. The fourth-order valence-electron chi connectivity index (χ4n) is 0.811. The number of ether oxygens (including phenoxy) is 2. The van der Waals surface area contributed by atoms with Gasteiger partial charge in [0.15, 0.2) is 0 Å². The molecule has 4 nitrogen and oxygen atoms in total. The van der Waals surface area contributed by atoms with Crippen molar-refractivity contribution in [3.8, 4) is 11.6 Å². The SMILES string of the molecule is COc1cnnc(OC)c1C. The zero-order chi connectivity index (χ0) is 8.27. The van der Waals surface area contributed by atoms with Gasteiger partial charge in [0.05, 0.1) is 26.0 Å². The molecule has 0 amide bonds. The average Bonchev–Trinajstić information content (AvgIpc) is 2.05. The van der Waals surface area contributed by atoms with Gasteiger partial charge < -0.3 is 9.47 Å². The van der Waals surface area contributed by atoms with Crippen LogP contribution in [-0.4, -0.2) is 24.4 Å². The van der Waals surface area contributed by atoms with Crippen molar-refractivity contribution >= 4 is 0 Å². The van der Waals surface area contributed by atoms with E-state index in [1.807, 2.05) is 6.92 Å². The molecule has 1 rings (SSSR count). The molecule has 0 N–H and O–H groups in total. The van der Waals surface area contributed by atoms with Gasteiger partial charge in [0.2, 0.25) is 5.88 Å². The van der Waals surface area contributed by atoms with E-state index in [-0.39, 0.29) is 0 Å². The number of rotatable bonds is 2. The molecule has 0 radical (unpaired) electrons. The maximum atomic E-state index is 5.00. The lowest BCUT2D eigenvalue weighted by atomic mass is 10.3. The third kappa shape index (κ3) is 1.39. The lowest BCUT2D eigenvalue weighted by Crippen LogP contribution is -1.96. The summed E-state index contributed by atoms with van der Waals surface area (Å²) in [6, 6.07) is 0. The minimum atomic E-state index is 0.504. The Bertz CT molecular complexity index is 228. The number of hydrogen-bond acceptors (Lipinski definition) is 4. The van der Waals surface area contributed by atoms with E-state index in [2.05, 4.69) is 10.2 Å². The first-order valence-corrected chi connectivity index (χ1v) is 3.20. The molecule has 1 heterocycles. The molecular formula is C7H10N2O2. The van der Waals surface area contributed by atoms with Crippen molar-refractivity contribution in [3.63, 3.8) is 0 Å². The molecule has 0 aliphatic heterocycles. The zero-order valence-corrected chi connectivity index (χ0v) is 6.79. The Balaban J connectivity index is 3.10. The quantitative estimate of drug-likeness (QED) is 0.632. The van der Waals surface area contributed by atoms with Gasteiger partial charge >= 0.3 is 0 Å². The number of methoxy groups -OCH3 is 2. The Labute approximate surface area is 65.2 Å². The number of aromatic nitrogens is 2. The van der Waals surface area contributed by atoms with E-state index in [9.17, 15) is 0 Å². The topological polar surface area (TPSA) is 44.2 Å². The third-order valence-corrected chi connectivity index (χ3v) is 1.43. The van der Waals surface area contributed by atoms with Crippen LogP contribution in [0.25, 0.3) is 0 Å². The molecule has 0 aliphatic rings. The third-order valence-electron chi connectivity index (χ3n) is 1.43. The van der Waals surface area contributed by atoms with Gasteiger partial charge in [-0.1, -0.05) is 0 Å². The predicted molar refractivity (Wildman–Crippen MR) is 39.9 cm³/mol. The first kappa shape index (κ1) is 7.78. The fraction of sp³-hybridized carbons (Fsp3) is 0.429. The van der Waals surface area contributed by atoms with Crippen LogP contribution in [0.5, 0.6) is 11.6 Å². The molecular weight excluding hydrogens is 144 g/mol. The molecule has 0 bridgehead atoms. The van der Waals surface area contributed by atoms with Crippen LogP contribution in [-0.2, 0) is 0 Å². The summed E-state index contributed by atoms with van der Waals surface area (Å²) in [5, 5.41) is 7.44. The van der Waals surface area contributed by atoms with E-state index in [0.717, 1.165) is 5.56 Å². The van der Waals surface area contributed by atoms with Crippen molar-refractivity contribution in [3.05, 3.63) is 11.8 Å². The average molecular weight is 154 g/mol. The Hall–Kier alpha value is -1.32. The minimum absolute atomic E-state index is 0.504. The molecule has 0 saturated heterocycles. The summed E-state index contributed by atoms with van der Waals surface area (Å²) in [6.07, 6.45) is 1.55. The number of hydrogen-bond donors (Lipinski definition) is 0. The first-order chi connectivity index (χ1) is 5.29. The fourth-order valence-corrected chi connectivity index (χ4v) is 0.811. The van der Waals surface area contributed by atoms with Gasteiger partial charge in [0.25, 0.3) is 0 Å². The summed E-state index contributed by atoms with van der Waals surface area (Å²) in [5.74, 6) is 1.20. The van der Waals surface area contributed by atoms with Crippen molar-refractivity contribution in [1.29, 1.82) is 0 Å². The van der Waals surface area contributed by atoms with Gasteiger partial charge in [-0.3, -0.25) is 0 Å². The molecule has 0 fully saturated rings. The Morgan fingerprint density at radius 1 is 1.27 bits per heavy atom. The highest BCUT2D eigenvalue weighted by molar-refractivity contribution is 5.35. The Morgan fingerprint density at radius 2 is 2.00 bits per heavy atom. The maximum absolute atomic E-state index is 5.00. The summed E-state index contributed by atoms with van der Waals surface area (Å²) in [4.78, 5) is 0. The van der Waals surface area contributed by atoms with Crippen LogP contribution in [0.4, 0.5) is 0 Å². The van der Waals surface area contributed by atoms with Crippen LogP contribution >= 0.6 is 0 Å². The van der Waals surface area contributed by atoms with Gasteiger partial charge in [-0.05, 0) is 6.92 Å².